The van der Waals surface area contributed by atoms with Crippen LogP contribution in [0.4, 0.5) is 0 Å². The van der Waals surface area contributed by atoms with Gasteiger partial charge >= 0.3 is 5.97 Å². The zero-order valence-corrected chi connectivity index (χ0v) is 12.0. The molecule has 1 saturated heterocycles. The van der Waals surface area contributed by atoms with Gasteiger partial charge in [0, 0.05) is 6.54 Å². The number of amides is 1. The van der Waals surface area contributed by atoms with Crippen LogP contribution in [0.1, 0.15) is 45.8 Å². The molecule has 1 aromatic rings. The summed E-state index contributed by atoms with van der Waals surface area (Å²) >= 11 is 0. The van der Waals surface area contributed by atoms with Crippen molar-refractivity contribution in [1.82, 2.24) is 9.88 Å². The SMILES string of the molecule is Cc1nc(C(=O)N2CCOC3(CCC3)C2)ccc1C(=O)O. The summed E-state index contributed by atoms with van der Waals surface area (Å²) < 4.78 is 5.80. The average Bonchev–Trinajstić information content (AvgIpc) is 2.44. The molecule has 112 valence electrons. The highest BCUT2D eigenvalue weighted by atomic mass is 16.5. The van der Waals surface area contributed by atoms with E-state index in [2.05, 4.69) is 4.98 Å². The number of rotatable bonds is 2. The molecule has 1 saturated carbocycles. The second-order valence-electron chi connectivity index (χ2n) is 5.75. The van der Waals surface area contributed by atoms with Crippen LogP contribution in [0.2, 0.25) is 0 Å². The molecule has 6 nitrogen and oxygen atoms in total. The molecule has 1 N–H and O–H groups in total. The number of carboxylic acid groups (broad SMARTS) is 1. The molecule has 1 aromatic heterocycles. The van der Waals surface area contributed by atoms with E-state index in [0.29, 0.717) is 31.1 Å². The summed E-state index contributed by atoms with van der Waals surface area (Å²) in [5, 5.41) is 9.00. The number of carboxylic acids is 1. The van der Waals surface area contributed by atoms with Gasteiger partial charge in [-0.25, -0.2) is 9.78 Å². The van der Waals surface area contributed by atoms with Gasteiger partial charge in [0.05, 0.1) is 30.0 Å². The molecular formula is C15H18N2O4. The van der Waals surface area contributed by atoms with Crippen LogP contribution < -0.4 is 0 Å². The molecule has 0 aromatic carbocycles. The number of aromatic nitrogens is 1. The maximum absolute atomic E-state index is 12.5. The van der Waals surface area contributed by atoms with E-state index in [1.54, 1.807) is 11.8 Å². The third kappa shape index (κ3) is 2.51. The first-order valence-electron chi connectivity index (χ1n) is 7.15. The lowest BCUT2D eigenvalue weighted by molar-refractivity contribution is -0.142. The van der Waals surface area contributed by atoms with Crippen LogP contribution in [0.15, 0.2) is 12.1 Å². The van der Waals surface area contributed by atoms with Gasteiger partial charge < -0.3 is 14.7 Å². The van der Waals surface area contributed by atoms with Crippen molar-refractivity contribution in [2.24, 2.45) is 0 Å². The predicted octanol–water partition coefficient (Wildman–Crippen LogP) is 1.48. The third-order valence-corrected chi connectivity index (χ3v) is 4.34. The molecule has 1 aliphatic heterocycles. The fourth-order valence-corrected chi connectivity index (χ4v) is 2.96. The second kappa shape index (κ2) is 5.11. The molecule has 0 atom stereocenters. The van der Waals surface area contributed by atoms with E-state index >= 15 is 0 Å². The number of hydrogen-bond acceptors (Lipinski definition) is 4. The van der Waals surface area contributed by atoms with Crippen molar-refractivity contribution in [3.63, 3.8) is 0 Å². The summed E-state index contributed by atoms with van der Waals surface area (Å²) in [4.78, 5) is 29.4. The molecule has 0 bridgehead atoms. The van der Waals surface area contributed by atoms with Gasteiger partial charge in [-0.05, 0) is 38.3 Å². The van der Waals surface area contributed by atoms with Crippen LogP contribution in [0.3, 0.4) is 0 Å². The molecule has 0 unspecified atom stereocenters. The Balaban J connectivity index is 1.78. The normalized spacial score (nSPS) is 20.1. The van der Waals surface area contributed by atoms with Gasteiger partial charge in [0.2, 0.25) is 0 Å². The Bertz CT molecular complexity index is 595. The van der Waals surface area contributed by atoms with Crippen LogP contribution >= 0.6 is 0 Å². The van der Waals surface area contributed by atoms with Gasteiger partial charge in [-0.2, -0.15) is 0 Å². The minimum atomic E-state index is -1.03. The van der Waals surface area contributed by atoms with Crippen molar-refractivity contribution >= 4 is 11.9 Å². The number of nitrogens with zero attached hydrogens (tertiary/aromatic N) is 2. The minimum Gasteiger partial charge on any atom is -0.478 e. The number of morpholine rings is 1. The monoisotopic (exact) mass is 290 g/mol. The molecule has 1 amide bonds. The van der Waals surface area contributed by atoms with Crippen molar-refractivity contribution in [3.05, 3.63) is 29.1 Å². The minimum absolute atomic E-state index is 0.129. The van der Waals surface area contributed by atoms with E-state index < -0.39 is 5.97 Å². The van der Waals surface area contributed by atoms with E-state index in [0.717, 1.165) is 19.3 Å². The number of carbonyl (C=O) groups excluding carboxylic acids is 1. The van der Waals surface area contributed by atoms with Crippen molar-refractivity contribution in [3.8, 4) is 0 Å². The van der Waals surface area contributed by atoms with Crippen molar-refractivity contribution in [1.29, 1.82) is 0 Å². The lowest BCUT2D eigenvalue weighted by atomic mass is 9.79. The Morgan fingerprint density at radius 3 is 2.71 bits per heavy atom. The van der Waals surface area contributed by atoms with Gasteiger partial charge in [-0.1, -0.05) is 0 Å². The quantitative estimate of drug-likeness (QED) is 0.892. The van der Waals surface area contributed by atoms with Crippen LogP contribution in [0.5, 0.6) is 0 Å². The van der Waals surface area contributed by atoms with Crippen LogP contribution in [-0.2, 0) is 4.74 Å². The van der Waals surface area contributed by atoms with Crippen molar-refractivity contribution < 1.29 is 19.4 Å². The summed E-state index contributed by atoms with van der Waals surface area (Å²) in [6, 6.07) is 2.93. The van der Waals surface area contributed by atoms with Gasteiger partial charge in [0.1, 0.15) is 5.69 Å². The summed E-state index contributed by atoms with van der Waals surface area (Å²) in [7, 11) is 0. The van der Waals surface area contributed by atoms with Gasteiger partial charge in [-0.15, -0.1) is 0 Å². The number of hydrogen-bond donors (Lipinski definition) is 1. The first-order chi connectivity index (χ1) is 10.0. The number of ether oxygens (including phenoxy) is 1. The maximum atomic E-state index is 12.5. The first kappa shape index (κ1) is 14.0. The summed E-state index contributed by atoms with van der Waals surface area (Å²) in [5.41, 5.74) is 0.641. The topological polar surface area (TPSA) is 79.7 Å². The Labute approximate surface area is 122 Å². The van der Waals surface area contributed by atoms with Gasteiger partial charge in [0.25, 0.3) is 5.91 Å². The molecule has 6 heteroatoms. The molecule has 21 heavy (non-hydrogen) atoms. The first-order valence-corrected chi connectivity index (χ1v) is 7.15. The third-order valence-electron chi connectivity index (χ3n) is 4.34. The summed E-state index contributed by atoms with van der Waals surface area (Å²) in [6.07, 6.45) is 3.15. The predicted molar refractivity (Wildman–Crippen MR) is 74.4 cm³/mol. The van der Waals surface area contributed by atoms with E-state index in [4.69, 9.17) is 9.84 Å². The molecular weight excluding hydrogens is 272 g/mol. The maximum Gasteiger partial charge on any atom is 0.337 e. The lowest BCUT2D eigenvalue weighted by Crippen LogP contribution is -2.57. The fourth-order valence-electron chi connectivity index (χ4n) is 2.96. The molecule has 1 aliphatic carbocycles. The molecule has 2 aliphatic rings. The highest BCUT2D eigenvalue weighted by Crippen LogP contribution is 2.38. The smallest absolute Gasteiger partial charge is 0.337 e. The summed E-state index contributed by atoms with van der Waals surface area (Å²) in [5.74, 6) is -1.18. The van der Waals surface area contributed by atoms with Crippen molar-refractivity contribution in [2.75, 3.05) is 19.7 Å². The molecule has 0 radical (unpaired) electrons. The van der Waals surface area contributed by atoms with E-state index in [1.165, 1.54) is 12.1 Å². The Morgan fingerprint density at radius 1 is 1.38 bits per heavy atom. The van der Waals surface area contributed by atoms with Crippen molar-refractivity contribution in [2.45, 2.75) is 31.8 Å². The standard InChI is InChI=1S/C15H18N2O4/c1-10-11(14(19)20)3-4-12(16-10)13(18)17-7-8-21-15(9-17)5-2-6-15/h3-4H,2,5-9H2,1H3,(H,19,20). The molecule has 2 heterocycles. The zero-order valence-electron chi connectivity index (χ0n) is 12.0. The van der Waals surface area contributed by atoms with Crippen LogP contribution in [0.25, 0.3) is 0 Å². The fraction of sp³-hybridized carbons (Fsp3) is 0.533. The van der Waals surface area contributed by atoms with E-state index in [-0.39, 0.29) is 17.1 Å². The van der Waals surface area contributed by atoms with Gasteiger partial charge in [0.15, 0.2) is 0 Å². The van der Waals surface area contributed by atoms with E-state index in [1.807, 2.05) is 0 Å². The zero-order chi connectivity index (χ0) is 15.0. The van der Waals surface area contributed by atoms with Crippen LogP contribution in [0, 0.1) is 6.92 Å². The molecule has 3 rings (SSSR count). The Morgan fingerprint density at radius 2 is 2.14 bits per heavy atom. The number of aryl methyl sites for hydroxylation is 1. The summed E-state index contributed by atoms with van der Waals surface area (Å²) in [6.45, 7) is 3.32. The van der Waals surface area contributed by atoms with E-state index in [9.17, 15) is 9.59 Å². The Kier molecular flexibility index (Phi) is 3.41. The molecule has 2 fully saturated rings. The average molecular weight is 290 g/mol. The highest BCUT2D eigenvalue weighted by molar-refractivity contribution is 5.94. The Hall–Kier alpha value is -1.95. The molecule has 1 spiro atoms. The highest BCUT2D eigenvalue weighted by Gasteiger charge is 2.43. The van der Waals surface area contributed by atoms with Crippen LogP contribution in [-0.4, -0.2) is 52.2 Å². The second-order valence-corrected chi connectivity index (χ2v) is 5.75. The lowest BCUT2D eigenvalue weighted by Gasteiger charge is -2.48. The number of pyridine rings is 1. The van der Waals surface area contributed by atoms with Gasteiger partial charge in [-0.3, -0.25) is 4.79 Å². The largest absolute Gasteiger partial charge is 0.478 e. The number of carbonyl (C=O) groups is 2. The number of aromatic carboxylic acids is 1.